The van der Waals surface area contributed by atoms with Gasteiger partial charge in [0.1, 0.15) is 5.65 Å². The maximum atomic E-state index is 8.80. The Hall–Kier alpha value is -1.86. The number of nitriles is 1. The number of aromatic nitrogens is 2. The fourth-order valence-electron chi connectivity index (χ4n) is 2.39. The summed E-state index contributed by atoms with van der Waals surface area (Å²) >= 11 is 0. The molecule has 106 valence electrons. The van der Waals surface area contributed by atoms with Gasteiger partial charge in [-0.1, -0.05) is 26.8 Å². The molecule has 0 fully saturated rings. The van der Waals surface area contributed by atoms with Crippen molar-refractivity contribution < 1.29 is 0 Å². The number of hydrogen-bond donors (Lipinski definition) is 0. The standard InChI is InChI=1S/C16H22N4/c1-16(2,3)13-19(9-6-8-17)11-14-12-20-10-5-4-7-15(20)18-14/h4-5,7,10,12H,6,9,11,13H2,1-3H3. The molecule has 0 aliphatic rings. The van der Waals surface area contributed by atoms with Gasteiger partial charge in [0, 0.05) is 38.4 Å². The van der Waals surface area contributed by atoms with Gasteiger partial charge in [-0.15, -0.1) is 0 Å². The Morgan fingerprint density at radius 2 is 2.15 bits per heavy atom. The lowest BCUT2D eigenvalue weighted by molar-refractivity contribution is 0.186. The molecule has 0 saturated heterocycles. The van der Waals surface area contributed by atoms with E-state index in [-0.39, 0.29) is 5.41 Å². The minimum absolute atomic E-state index is 0.217. The molecule has 0 saturated carbocycles. The molecule has 0 aliphatic heterocycles. The zero-order valence-electron chi connectivity index (χ0n) is 12.5. The third-order valence-electron chi connectivity index (χ3n) is 3.04. The largest absolute Gasteiger partial charge is 0.307 e. The van der Waals surface area contributed by atoms with E-state index in [0.717, 1.165) is 31.0 Å². The summed E-state index contributed by atoms with van der Waals surface area (Å²) in [5, 5.41) is 8.80. The Balaban J connectivity index is 2.11. The van der Waals surface area contributed by atoms with Crippen molar-refractivity contribution in [3.8, 4) is 6.07 Å². The van der Waals surface area contributed by atoms with Crippen LogP contribution in [0.2, 0.25) is 0 Å². The fraction of sp³-hybridized carbons (Fsp3) is 0.500. The quantitative estimate of drug-likeness (QED) is 0.838. The molecule has 4 heteroatoms. The molecule has 4 nitrogen and oxygen atoms in total. The van der Waals surface area contributed by atoms with Crippen LogP contribution in [0.4, 0.5) is 0 Å². The van der Waals surface area contributed by atoms with Crippen molar-refractivity contribution in [2.45, 2.75) is 33.7 Å². The van der Waals surface area contributed by atoms with Crippen molar-refractivity contribution in [3.63, 3.8) is 0 Å². The zero-order chi connectivity index (χ0) is 14.6. The van der Waals surface area contributed by atoms with Gasteiger partial charge < -0.3 is 4.40 Å². The van der Waals surface area contributed by atoms with Gasteiger partial charge in [-0.3, -0.25) is 4.90 Å². The highest BCUT2D eigenvalue weighted by atomic mass is 15.1. The molecule has 0 unspecified atom stereocenters. The van der Waals surface area contributed by atoms with Gasteiger partial charge in [-0.05, 0) is 17.5 Å². The first-order valence-electron chi connectivity index (χ1n) is 7.00. The number of fused-ring (bicyclic) bond motifs is 1. The second-order valence-corrected chi connectivity index (χ2v) is 6.38. The maximum absolute atomic E-state index is 8.80. The SMILES string of the molecule is CC(C)(C)CN(CCC#N)Cc1cn2ccccc2n1. The zero-order valence-corrected chi connectivity index (χ0v) is 12.5. The summed E-state index contributed by atoms with van der Waals surface area (Å²) in [4.78, 5) is 6.94. The summed E-state index contributed by atoms with van der Waals surface area (Å²) in [7, 11) is 0. The number of pyridine rings is 1. The van der Waals surface area contributed by atoms with E-state index in [2.05, 4.69) is 42.9 Å². The summed E-state index contributed by atoms with van der Waals surface area (Å²) in [5.41, 5.74) is 2.24. The molecule has 0 N–H and O–H groups in total. The predicted octanol–water partition coefficient (Wildman–Crippen LogP) is 3.10. The lowest BCUT2D eigenvalue weighted by atomic mass is 9.96. The van der Waals surface area contributed by atoms with E-state index in [4.69, 9.17) is 5.26 Å². The number of imidazole rings is 1. The summed E-state index contributed by atoms with van der Waals surface area (Å²) in [6.45, 7) is 9.20. The van der Waals surface area contributed by atoms with Gasteiger partial charge in [0.2, 0.25) is 0 Å². The van der Waals surface area contributed by atoms with Crippen molar-refractivity contribution >= 4 is 5.65 Å². The number of rotatable bonds is 5. The molecule has 20 heavy (non-hydrogen) atoms. The molecule has 0 bridgehead atoms. The lowest BCUT2D eigenvalue weighted by Crippen LogP contribution is -2.33. The second-order valence-electron chi connectivity index (χ2n) is 6.38. The molecular formula is C16H22N4. The highest BCUT2D eigenvalue weighted by molar-refractivity contribution is 5.39. The van der Waals surface area contributed by atoms with Crippen LogP contribution in [0.15, 0.2) is 30.6 Å². The molecule has 0 spiro atoms. The van der Waals surface area contributed by atoms with Crippen molar-refractivity contribution in [3.05, 3.63) is 36.3 Å². The van der Waals surface area contributed by atoms with Crippen LogP contribution >= 0.6 is 0 Å². The van der Waals surface area contributed by atoms with Gasteiger partial charge in [-0.2, -0.15) is 5.26 Å². The second kappa shape index (κ2) is 6.06. The summed E-state index contributed by atoms with van der Waals surface area (Å²) < 4.78 is 2.04. The molecule has 2 rings (SSSR count). The number of nitrogens with zero attached hydrogens (tertiary/aromatic N) is 4. The minimum Gasteiger partial charge on any atom is -0.307 e. The Kier molecular flexibility index (Phi) is 4.41. The molecule has 0 aromatic carbocycles. The first-order chi connectivity index (χ1) is 9.48. The van der Waals surface area contributed by atoms with Gasteiger partial charge in [0.25, 0.3) is 0 Å². The van der Waals surface area contributed by atoms with Crippen LogP contribution in [0.3, 0.4) is 0 Å². The van der Waals surface area contributed by atoms with E-state index in [1.807, 2.05) is 28.8 Å². The van der Waals surface area contributed by atoms with Crippen LogP contribution in [0.25, 0.3) is 5.65 Å². The van der Waals surface area contributed by atoms with Crippen LogP contribution in [0.5, 0.6) is 0 Å². The van der Waals surface area contributed by atoms with Crippen molar-refractivity contribution in [1.82, 2.24) is 14.3 Å². The van der Waals surface area contributed by atoms with Crippen molar-refractivity contribution in [1.29, 1.82) is 5.26 Å². The van der Waals surface area contributed by atoms with Crippen LogP contribution in [0.1, 0.15) is 32.9 Å². The van der Waals surface area contributed by atoms with E-state index in [0.29, 0.717) is 6.42 Å². The average Bonchev–Trinajstić information content (AvgIpc) is 2.76. The number of hydrogen-bond acceptors (Lipinski definition) is 3. The molecule has 2 heterocycles. The maximum Gasteiger partial charge on any atom is 0.137 e. The Bertz CT molecular complexity index is 568. The van der Waals surface area contributed by atoms with Crippen LogP contribution in [-0.4, -0.2) is 27.4 Å². The fourth-order valence-corrected chi connectivity index (χ4v) is 2.39. The molecule has 0 amide bonds. The van der Waals surface area contributed by atoms with Crippen LogP contribution in [-0.2, 0) is 6.54 Å². The predicted molar refractivity (Wildman–Crippen MR) is 80.2 cm³/mol. The third kappa shape index (κ3) is 4.07. The highest BCUT2D eigenvalue weighted by Crippen LogP contribution is 2.17. The van der Waals surface area contributed by atoms with E-state index in [1.54, 1.807) is 0 Å². The third-order valence-corrected chi connectivity index (χ3v) is 3.04. The molecular weight excluding hydrogens is 248 g/mol. The molecule has 0 radical (unpaired) electrons. The normalized spacial score (nSPS) is 11.9. The van der Waals surface area contributed by atoms with E-state index < -0.39 is 0 Å². The van der Waals surface area contributed by atoms with Crippen LogP contribution < -0.4 is 0 Å². The van der Waals surface area contributed by atoms with Gasteiger partial charge >= 0.3 is 0 Å². The smallest absolute Gasteiger partial charge is 0.137 e. The average molecular weight is 270 g/mol. The van der Waals surface area contributed by atoms with Gasteiger partial charge in [0.15, 0.2) is 0 Å². The summed E-state index contributed by atoms with van der Waals surface area (Å²) in [6.07, 6.45) is 4.63. The molecule has 2 aromatic rings. The molecule has 0 atom stereocenters. The van der Waals surface area contributed by atoms with Gasteiger partial charge in [-0.25, -0.2) is 4.98 Å². The van der Waals surface area contributed by atoms with Crippen molar-refractivity contribution in [2.24, 2.45) is 5.41 Å². The topological polar surface area (TPSA) is 44.3 Å². The lowest BCUT2D eigenvalue weighted by Gasteiger charge is -2.28. The van der Waals surface area contributed by atoms with Crippen molar-refractivity contribution in [2.75, 3.05) is 13.1 Å². The molecule has 2 aromatic heterocycles. The minimum atomic E-state index is 0.217. The van der Waals surface area contributed by atoms with E-state index >= 15 is 0 Å². The first kappa shape index (κ1) is 14.5. The Morgan fingerprint density at radius 1 is 1.35 bits per heavy atom. The van der Waals surface area contributed by atoms with E-state index in [9.17, 15) is 0 Å². The summed E-state index contributed by atoms with van der Waals surface area (Å²) in [5.74, 6) is 0. The van der Waals surface area contributed by atoms with E-state index in [1.165, 1.54) is 0 Å². The van der Waals surface area contributed by atoms with Crippen LogP contribution in [0, 0.1) is 16.7 Å². The Labute approximate surface area is 120 Å². The summed E-state index contributed by atoms with van der Waals surface area (Å²) in [6, 6.07) is 8.23. The first-order valence-corrected chi connectivity index (χ1v) is 7.00. The van der Waals surface area contributed by atoms with Gasteiger partial charge in [0.05, 0.1) is 11.8 Å². The Morgan fingerprint density at radius 3 is 2.80 bits per heavy atom. The highest BCUT2D eigenvalue weighted by Gasteiger charge is 2.17. The monoisotopic (exact) mass is 270 g/mol. The molecule has 0 aliphatic carbocycles.